The average Bonchev–Trinajstić information content (AvgIpc) is 2.37. The van der Waals surface area contributed by atoms with Crippen LogP contribution in [-0.2, 0) is 4.74 Å². The van der Waals surface area contributed by atoms with Gasteiger partial charge in [0.25, 0.3) is 0 Å². The number of aliphatic hydroxyl groups excluding tert-OH is 1. The van der Waals surface area contributed by atoms with E-state index in [1.807, 2.05) is 0 Å². The molecule has 0 amide bonds. The van der Waals surface area contributed by atoms with Crippen molar-refractivity contribution in [1.82, 2.24) is 9.97 Å². The first kappa shape index (κ1) is 15.0. The second-order valence-electron chi connectivity index (χ2n) is 3.49. The lowest BCUT2D eigenvalue weighted by Crippen LogP contribution is -2.17. The monoisotopic (exact) mass is 272 g/mol. The summed E-state index contributed by atoms with van der Waals surface area (Å²) >= 11 is 0. The summed E-state index contributed by atoms with van der Waals surface area (Å²) in [5, 5.41) is 22.2. The van der Waals surface area contributed by atoms with Crippen LogP contribution >= 0.6 is 0 Å². The van der Waals surface area contributed by atoms with Gasteiger partial charge in [-0.3, -0.25) is 15.5 Å². The Labute approximate surface area is 109 Å². The average molecular weight is 272 g/mol. The summed E-state index contributed by atoms with van der Waals surface area (Å²) in [4.78, 5) is 18.1. The first-order chi connectivity index (χ1) is 9.10. The lowest BCUT2D eigenvalue weighted by Gasteiger charge is -2.09. The molecular formula is C9H16N6O4. The number of nitro groups is 1. The van der Waals surface area contributed by atoms with Crippen molar-refractivity contribution in [2.24, 2.45) is 5.84 Å². The van der Waals surface area contributed by atoms with Gasteiger partial charge in [0.1, 0.15) is 5.69 Å². The topological polar surface area (TPSA) is 148 Å². The van der Waals surface area contributed by atoms with Crippen molar-refractivity contribution in [2.75, 3.05) is 37.1 Å². The Bertz CT molecular complexity index is 441. The molecule has 19 heavy (non-hydrogen) atoms. The summed E-state index contributed by atoms with van der Waals surface area (Å²) in [6, 6.07) is 0. The van der Waals surface area contributed by atoms with Gasteiger partial charge in [0.2, 0.25) is 11.8 Å². The van der Waals surface area contributed by atoms with Gasteiger partial charge in [-0.15, -0.1) is 0 Å². The van der Waals surface area contributed by atoms with Gasteiger partial charge >= 0.3 is 5.69 Å². The molecule has 0 bridgehead atoms. The molecule has 0 aliphatic rings. The number of anilines is 2. The molecule has 0 atom stereocenters. The highest BCUT2D eigenvalue weighted by Crippen LogP contribution is 2.25. The van der Waals surface area contributed by atoms with Crippen LogP contribution in [0.3, 0.4) is 0 Å². The van der Waals surface area contributed by atoms with Crippen LogP contribution in [0.2, 0.25) is 0 Å². The van der Waals surface area contributed by atoms with E-state index >= 15 is 0 Å². The highest BCUT2D eigenvalue weighted by atomic mass is 16.6. The Morgan fingerprint density at radius 1 is 1.47 bits per heavy atom. The molecular weight excluding hydrogens is 256 g/mol. The van der Waals surface area contributed by atoms with Gasteiger partial charge in [-0.25, -0.2) is 10.8 Å². The van der Waals surface area contributed by atoms with Crippen LogP contribution in [0.25, 0.3) is 0 Å². The standard InChI is InChI=1S/C9H16N6O4/c1-6-7(15(17)18)8(13-9(12-6)14-10)11-2-4-19-5-3-16/h16H,2-5,10H2,1H3,(H2,11,12,13,14). The second kappa shape index (κ2) is 7.41. The van der Waals surface area contributed by atoms with Gasteiger partial charge in [-0.05, 0) is 6.92 Å². The van der Waals surface area contributed by atoms with Crippen LogP contribution in [0.15, 0.2) is 0 Å². The number of nitrogens with two attached hydrogens (primary N) is 1. The molecule has 0 saturated carbocycles. The maximum absolute atomic E-state index is 10.9. The van der Waals surface area contributed by atoms with Gasteiger partial charge < -0.3 is 15.2 Å². The third-order valence-corrected chi connectivity index (χ3v) is 2.14. The number of aromatic nitrogens is 2. The van der Waals surface area contributed by atoms with Crippen molar-refractivity contribution in [3.8, 4) is 0 Å². The van der Waals surface area contributed by atoms with Crippen molar-refractivity contribution in [3.63, 3.8) is 0 Å². The van der Waals surface area contributed by atoms with E-state index in [4.69, 9.17) is 15.7 Å². The molecule has 10 nitrogen and oxygen atoms in total. The van der Waals surface area contributed by atoms with E-state index in [-0.39, 0.29) is 43.0 Å². The summed E-state index contributed by atoms with van der Waals surface area (Å²) in [5.41, 5.74) is 2.23. The summed E-state index contributed by atoms with van der Waals surface area (Å²) in [7, 11) is 0. The first-order valence-electron chi connectivity index (χ1n) is 5.52. The molecule has 0 aliphatic carbocycles. The summed E-state index contributed by atoms with van der Waals surface area (Å²) in [5.74, 6) is 5.34. The molecule has 0 saturated heterocycles. The third-order valence-electron chi connectivity index (χ3n) is 2.14. The third kappa shape index (κ3) is 4.28. The highest BCUT2D eigenvalue weighted by Gasteiger charge is 2.21. The number of aryl methyl sites for hydroxylation is 1. The largest absolute Gasteiger partial charge is 0.394 e. The van der Waals surface area contributed by atoms with Crippen molar-refractivity contribution >= 4 is 17.5 Å². The van der Waals surface area contributed by atoms with Crippen LogP contribution in [0.1, 0.15) is 5.69 Å². The van der Waals surface area contributed by atoms with Crippen LogP contribution in [0, 0.1) is 17.0 Å². The predicted octanol–water partition coefficient (Wildman–Crippen LogP) is -0.600. The van der Waals surface area contributed by atoms with Crippen LogP contribution in [-0.4, -0.2) is 46.4 Å². The van der Waals surface area contributed by atoms with Crippen molar-refractivity contribution in [3.05, 3.63) is 15.8 Å². The Kier molecular flexibility index (Phi) is 5.85. The molecule has 1 heterocycles. The SMILES string of the molecule is Cc1nc(NN)nc(NCCOCCO)c1[N+](=O)[O-]. The van der Waals surface area contributed by atoms with Crippen molar-refractivity contribution < 1.29 is 14.8 Å². The molecule has 0 aromatic carbocycles. The van der Waals surface area contributed by atoms with E-state index < -0.39 is 4.92 Å². The molecule has 0 radical (unpaired) electrons. The summed E-state index contributed by atoms with van der Waals surface area (Å²) in [6.07, 6.45) is 0. The second-order valence-corrected chi connectivity index (χ2v) is 3.49. The predicted molar refractivity (Wildman–Crippen MR) is 67.6 cm³/mol. The molecule has 0 unspecified atom stereocenters. The Morgan fingerprint density at radius 3 is 2.79 bits per heavy atom. The number of ether oxygens (including phenoxy) is 1. The van der Waals surface area contributed by atoms with Gasteiger partial charge in [-0.2, -0.15) is 4.98 Å². The van der Waals surface area contributed by atoms with Crippen LogP contribution in [0.4, 0.5) is 17.5 Å². The van der Waals surface area contributed by atoms with Crippen LogP contribution in [0.5, 0.6) is 0 Å². The Morgan fingerprint density at radius 2 is 2.21 bits per heavy atom. The zero-order valence-corrected chi connectivity index (χ0v) is 10.4. The molecule has 0 fully saturated rings. The molecule has 10 heteroatoms. The number of rotatable bonds is 8. The molecule has 5 N–H and O–H groups in total. The fourth-order valence-electron chi connectivity index (χ4n) is 1.38. The number of aliphatic hydroxyl groups is 1. The van der Waals surface area contributed by atoms with Crippen molar-refractivity contribution in [1.29, 1.82) is 0 Å². The maximum Gasteiger partial charge on any atom is 0.332 e. The molecule has 106 valence electrons. The molecule has 0 spiro atoms. The molecule has 1 aromatic rings. The number of nitrogen functional groups attached to an aromatic ring is 1. The number of hydrazine groups is 1. The Balaban J connectivity index is 2.78. The van der Waals surface area contributed by atoms with E-state index in [0.29, 0.717) is 6.54 Å². The van der Waals surface area contributed by atoms with E-state index in [1.165, 1.54) is 6.92 Å². The number of nitrogens with zero attached hydrogens (tertiary/aromatic N) is 3. The quantitative estimate of drug-likeness (QED) is 0.210. The van der Waals surface area contributed by atoms with E-state index in [2.05, 4.69) is 20.7 Å². The minimum Gasteiger partial charge on any atom is -0.394 e. The molecule has 1 aromatic heterocycles. The Hall–Kier alpha value is -2.04. The van der Waals surface area contributed by atoms with Crippen LogP contribution < -0.4 is 16.6 Å². The normalized spacial score (nSPS) is 10.3. The number of nitrogens with one attached hydrogen (secondary N) is 2. The van der Waals surface area contributed by atoms with E-state index in [0.717, 1.165) is 0 Å². The lowest BCUT2D eigenvalue weighted by atomic mass is 10.3. The first-order valence-corrected chi connectivity index (χ1v) is 5.52. The number of hydrogen-bond donors (Lipinski definition) is 4. The minimum absolute atomic E-state index is 0.0676. The fraction of sp³-hybridized carbons (Fsp3) is 0.556. The lowest BCUT2D eigenvalue weighted by molar-refractivity contribution is -0.385. The fourth-order valence-corrected chi connectivity index (χ4v) is 1.38. The van der Waals surface area contributed by atoms with Gasteiger partial charge in [0.05, 0.1) is 24.7 Å². The van der Waals surface area contributed by atoms with Gasteiger partial charge in [0.15, 0.2) is 0 Å². The van der Waals surface area contributed by atoms with E-state index in [1.54, 1.807) is 0 Å². The molecule has 0 aliphatic heterocycles. The summed E-state index contributed by atoms with van der Waals surface area (Å²) in [6.45, 7) is 2.22. The smallest absolute Gasteiger partial charge is 0.332 e. The molecule has 1 rings (SSSR count). The zero-order chi connectivity index (χ0) is 14.3. The minimum atomic E-state index is -0.563. The van der Waals surface area contributed by atoms with Gasteiger partial charge in [0, 0.05) is 6.54 Å². The zero-order valence-electron chi connectivity index (χ0n) is 10.4. The highest BCUT2D eigenvalue weighted by molar-refractivity contribution is 5.60. The maximum atomic E-state index is 10.9. The van der Waals surface area contributed by atoms with E-state index in [9.17, 15) is 10.1 Å². The van der Waals surface area contributed by atoms with Crippen molar-refractivity contribution in [2.45, 2.75) is 6.92 Å². The number of hydrogen-bond acceptors (Lipinski definition) is 9. The van der Waals surface area contributed by atoms with Gasteiger partial charge in [-0.1, -0.05) is 0 Å². The summed E-state index contributed by atoms with van der Waals surface area (Å²) < 4.78 is 5.03.